The summed E-state index contributed by atoms with van der Waals surface area (Å²) < 4.78 is 0. The van der Waals surface area contributed by atoms with Gasteiger partial charge in [-0.1, -0.05) is 0 Å². The number of hydrogen-bond donors (Lipinski definition) is 0. The Morgan fingerprint density at radius 2 is 0.600 bits per heavy atom. The van der Waals surface area contributed by atoms with Crippen molar-refractivity contribution in [3.8, 4) is 0 Å². The summed E-state index contributed by atoms with van der Waals surface area (Å²) in [4.78, 5) is 0. The Hall–Kier alpha value is 1.36. The van der Waals surface area contributed by atoms with Gasteiger partial charge in [-0.05, 0) is 0 Å². The molecule has 0 aliphatic carbocycles. The van der Waals surface area contributed by atoms with Crippen molar-refractivity contribution in [2.75, 3.05) is 0 Å². The molecule has 0 fully saturated rings. The van der Waals surface area contributed by atoms with E-state index >= 15 is 0 Å². The summed E-state index contributed by atoms with van der Waals surface area (Å²) in [6, 6.07) is 0. The van der Waals surface area contributed by atoms with Crippen molar-refractivity contribution >= 4 is 0 Å². The molecule has 0 aromatic heterocycles. The summed E-state index contributed by atoms with van der Waals surface area (Å²) in [7, 11) is 0. The Kier molecular flexibility index (Phi) is 1080. The van der Waals surface area contributed by atoms with Gasteiger partial charge >= 0.3 is 26.2 Å². The van der Waals surface area contributed by atoms with Crippen molar-refractivity contribution in [1.29, 1.82) is 0 Å². The summed E-state index contributed by atoms with van der Waals surface area (Å²) in [6.45, 7) is 0. The molecule has 0 nitrogen and oxygen atoms in total. The molecule has 0 aromatic rings. The molecule has 32 valence electrons. The second-order valence-electron chi connectivity index (χ2n) is 0. The van der Waals surface area contributed by atoms with Gasteiger partial charge in [-0.3, -0.25) is 0 Å². The van der Waals surface area contributed by atoms with E-state index in [9.17, 15) is 0 Å². The second-order valence-corrected chi connectivity index (χ2v) is 0. The third-order valence-electron chi connectivity index (χ3n) is 0. The van der Waals surface area contributed by atoms with Crippen molar-refractivity contribution < 1.29 is 43.2 Å². The molecule has 0 bridgehead atoms. The molecule has 0 aromatic carbocycles. The first-order chi connectivity index (χ1) is 0. The molecule has 2 heteroatoms. The van der Waals surface area contributed by atoms with E-state index in [1.807, 2.05) is 0 Å². The fraction of sp³-hybridized carbons (Fsp3) is 0. The molecule has 0 N–H and O–H groups in total. The van der Waals surface area contributed by atoms with Crippen molar-refractivity contribution in [2.45, 2.75) is 0 Å². The Bertz CT molecular complexity index is 6.85. The van der Waals surface area contributed by atoms with Crippen LogP contribution in [0.1, 0.15) is 0 Å². The van der Waals surface area contributed by atoms with Crippen LogP contribution in [0.15, 0.2) is 0 Å². The van der Waals surface area contributed by atoms with Crippen LogP contribution in [-0.2, 0) is 26.2 Å². The van der Waals surface area contributed by atoms with E-state index in [-0.39, 0.29) is 65.5 Å². The van der Waals surface area contributed by atoms with Crippen LogP contribution < -0.4 is 17.0 Å². The molecule has 0 heterocycles. The fourth-order valence-corrected chi connectivity index (χ4v) is 0. The maximum Gasteiger partial charge on any atom is 4.00 e. The largest absolute Gasteiger partial charge is 4.00 e. The molecule has 0 saturated heterocycles. The van der Waals surface area contributed by atoms with Crippen LogP contribution in [0.5, 0.6) is 0 Å². The van der Waals surface area contributed by atoms with Gasteiger partial charge < -0.3 is 39.3 Å². The smallest absolute Gasteiger partial charge is 1.00 e. The number of rotatable bonds is 0. The predicted octanol–water partition coefficient (Wildman–Crippen LogP) is -1.65. The topological polar surface area (TPSA) is 0 Å². The van der Waals surface area contributed by atoms with Gasteiger partial charge in [0.2, 0.25) is 0 Å². The fourth-order valence-electron chi connectivity index (χ4n) is 0. The third kappa shape index (κ3) is 32.6. The van der Waals surface area contributed by atoms with E-state index in [2.05, 4.69) is 0 Å². The normalized spacial score (nSPS) is 0. The SMILES string of the molecule is [Br-].[CH3-].[CH3-].[CH3-].[Zr+4]. The number of hydrogen-bond acceptors (Lipinski definition) is 0. The molecular weight excluding hydrogens is 207 g/mol. The van der Waals surface area contributed by atoms with Crippen LogP contribution in [0.2, 0.25) is 0 Å². The first kappa shape index (κ1) is 98.5. The molecule has 5 heavy (non-hydrogen) atoms. The van der Waals surface area contributed by atoms with Gasteiger partial charge in [0, 0.05) is 0 Å². The zero-order valence-corrected chi connectivity index (χ0v) is 7.92. The zero-order chi connectivity index (χ0) is 0. The summed E-state index contributed by atoms with van der Waals surface area (Å²) >= 11 is 0. The quantitative estimate of drug-likeness (QED) is 0.426. The van der Waals surface area contributed by atoms with Crippen molar-refractivity contribution in [1.82, 2.24) is 0 Å². The van der Waals surface area contributed by atoms with Crippen LogP contribution in [0.3, 0.4) is 0 Å². The Morgan fingerprint density at radius 3 is 0.600 bits per heavy atom. The summed E-state index contributed by atoms with van der Waals surface area (Å²) in [6.07, 6.45) is 0. The van der Waals surface area contributed by atoms with Gasteiger partial charge in [-0.2, -0.15) is 0 Å². The molecule has 0 radical (unpaired) electrons. The monoisotopic (exact) mass is 214 g/mol. The first-order valence-electron chi connectivity index (χ1n) is 0. The van der Waals surface area contributed by atoms with Crippen molar-refractivity contribution in [3.63, 3.8) is 0 Å². The molecule has 0 spiro atoms. The van der Waals surface area contributed by atoms with Gasteiger partial charge in [0.15, 0.2) is 0 Å². The van der Waals surface area contributed by atoms with Crippen LogP contribution in [-0.4, -0.2) is 0 Å². The van der Waals surface area contributed by atoms with Crippen molar-refractivity contribution in [3.05, 3.63) is 22.3 Å². The minimum Gasteiger partial charge on any atom is -1.00 e. The standard InChI is InChI=1S/3CH3.BrH.Zr/h3*1H3;1H;/q3*-1;;+4/p-1. The van der Waals surface area contributed by atoms with Gasteiger partial charge in [0.05, 0.1) is 0 Å². The maximum absolute atomic E-state index is 0. The average Bonchev–Trinajstić information content (AvgIpc) is 0. The van der Waals surface area contributed by atoms with E-state index in [1.165, 1.54) is 0 Å². The Labute approximate surface area is 65.2 Å². The average molecular weight is 216 g/mol. The van der Waals surface area contributed by atoms with Crippen LogP contribution >= 0.6 is 0 Å². The Balaban J connectivity index is 0. The van der Waals surface area contributed by atoms with E-state index in [0.29, 0.717) is 0 Å². The number of halogens is 1. The Morgan fingerprint density at radius 1 is 0.600 bits per heavy atom. The zero-order valence-electron chi connectivity index (χ0n) is 3.88. The summed E-state index contributed by atoms with van der Waals surface area (Å²) in [5, 5.41) is 0. The molecule has 0 unspecified atom stereocenters. The van der Waals surface area contributed by atoms with E-state index < -0.39 is 0 Å². The molecule has 0 aliphatic heterocycles. The molecule has 0 amide bonds. The van der Waals surface area contributed by atoms with E-state index in [1.54, 1.807) is 0 Å². The molecule has 0 rings (SSSR count). The van der Waals surface area contributed by atoms with Gasteiger partial charge in [0.25, 0.3) is 0 Å². The van der Waals surface area contributed by atoms with Crippen LogP contribution in [0.4, 0.5) is 0 Å². The predicted molar refractivity (Wildman–Crippen MR) is 19.2 cm³/mol. The van der Waals surface area contributed by atoms with E-state index in [0.717, 1.165) is 0 Å². The molecular formula is C3H9BrZr. The molecule has 0 saturated carbocycles. The van der Waals surface area contributed by atoms with E-state index in [4.69, 9.17) is 0 Å². The maximum atomic E-state index is 0. The van der Waals surface area contributed by atoms with Crippen LogP contribution in [0.25, 0.3) is 0 Å². The summed E-state index contributed by atoms with van der Waals surface area (Å²) in [5.41, 5.74) is 0. The second kappa shape index (κ2) is 54.9. The van der Waals surface area contributed by atoms with Crippen molar-refractivity contribution in [2.24, 2.45) is 0 Å². The third-order valence-corrected chi connectivity index (χ3v) is 0. The van der Waals surface area contributed by atoms with Gasteiger partial charge in [-0.25, -0.2) is 0 Å². The van der Waals surface area contributed by atoms with Gasteiger partial charge in [-0.15, -0.1) is 0 Å². The summed E-state index contributed by atoms with van der Waals surface area (Å²) in [5.74, 6) is 0. The minimum absolute atomic E-state index is 0. The molecule has 0 atom stereocenters. The molecule has 0 aliphatic rings. The van der Waals surface area contributed by atoms with Crippen LogP contribution in [0, 0.1) is 22.3 Å². The minimum atomic E-state index is 0. The first-order valence-corrected chi connectivity index (χ1v) is 0. The van der Waals surface area contributed by atoms with Gasteiger partial charge in [0.1, 0.15) is 0 Å².